The fourth-order valence-electron chi connectivity index (χ4n) is 0.849. The van der Waals surface area contributed by atoms with E-state index in [0.717, 1.165) is 4.88 Å². The summed E-state index contributed by atoms with van der Waals surface area (Å²) in [4.78, 5) is 12.0. The van der Waals surface area contributed by atoms with Crippen molar-refractivity contribution >= 4 is 23.4 Å². The van der Waals surface area contributed by atoms with E-state index in [2.05, 4.69) is 4.74 Å². The van der Waals surface area contributed by atoms with E-state index in [0.29, 0.717) is 12.1 Å². The van der Waals surface area contributed by atoms with Crippen molar-refractivity contribution in [3.05, 3.63) is 28.0 Å². The number of carbonyl (C=O) groups is 1. The Bertz CT molecular complexity index is 317. The largest absolute Gasteiger partial charge is 0.465 e. The molecule has 0 bridgehead atoms. The molecule has 70 valence electrons. The highest BCUT2D eigenvalue weighted by molar-refractivity contribution is 7.11. The van der Waals surface area contributed by atoms with Crippen LogP contribution >= 0.6 is 11.3 Å². The molecule has 0 unspecified atom stereocenters. The molecule has 0 saturated heterocycles. The van der Waals surface area contributed by atoms with Crippen LogP contribution in [0.5, 0.6) is 0 Å². The van der Waals surface area contributed by atoms with Crippen LogP contribution in [0.4, 0.5) is 0 Å². The first-order chi connectivity index (χ1) is 6.27. The van der Waals surface area contributed by atoms with E-state index in [-0.39, 0.29) is 5.97 Å². The number of carbonyl (C=O) groups excluding carboxylic acids is 1. The van der Waals surface area contributed by atoms with Crippen LogP contribution < -0.4 is 5.73 Å². The molecule has 3 nitrogen and oxygen atoms in total. The molecule has 0 amide bonds. The number of nitrogens with two attached hydrogens (primary N) is 1. The van der Waals surface area contributed by atoms with Gasteiger partial charge in [-0.3, -0.25) is 0 Å². The van der Waals surface area contributed by atoms with Gasteiger partial charge in [0.05, 0.1) is 12.7 Å². The first kappa shape index (κ1) is 9.95. The minimum absolute atomic E-state index is 0.302. The van der Waals surface area contributed by atoms with Crippen molar-refractivity contribution in [1.29, 1.82) is 0 Å². The van der Waals surface area contributed by atoms with Crippen molar-refractivity contribution in [1.82, 2.24) is 0 Å². The molecule has 0 saturated carbocycles. The predicted octanol–water partition coefficient (Wildman–Crippen LogP) is 1.51. The van der Waals surface area contributed by atoms with Crippen molar-refractivity contribution < 1.29 is 9.53 Å². The molecule has 1 rings (SSSR count). The maximum Gasteiger partial charge on any atom is 0.338 e. The smallest absolute Gasteiger partial charge is 0.338 e. The third-order valence-corrected chi connectivity index (χ3v) is 2.36. The maximum atomic E-state index is 11.0. The van der Waals surface area contributed by atoms with Crippen LogP contribution in [-0.4, -0.2) is 19.6 Å². The summed E-state index contributed by atoms with van der Waals surface area (Å²) in [6.07, 6.45) is 3.73. The summed E-state index contributed by atoms with van der Waals surface area (Å²) in [5, 5.41) is 1.77. The lowest BCUT2D eigenvalue weighted by Crippen LogP contribution is -1.98. The topological polar surface area (TPSA) is 52.3 Å². The van der Waals surface area contributed by atoms with Gasteiger partial charge in [-0.2, -0.15) is 0 Å². The molecule has 0 spiro atoms. The van der Waals surface area contributed by atoms with Gasteiger partial charge in [-0.05, 0) is 12.1 Å². The summed E-state index contributed by atoms with van der Waals surface area (Å²) in [5.74, 6) is -0.302. The zero-order valence-corrected chi connectivity index (χ0v) is 8.14. The van der Waals surface area contributed by atoms with E-state index >= 15 is 0 Å². The number of ether oxygens (including phenoxy) is 1. The Hall–Kier alpha value is -1.13. The molecule has 2 N–H and O–H groups in total. The molecule has 0 aromatic carbocycles. The molecule has 0 fully saturated rings. The lowest BCUT2D eigenvalue weighted by atomic mass is 10.3. The Morgan fingerprint density at radius 3 is 3.15 bits per heavy atom. The van der Waals surface area contributed by atoms with Crippen molar-refractivity contribution in [3.8, 4) is 0 Å². The standard InChI is InChI=1S/C9H11NO2S/c1-12-9(11)7-5-8(13-6-7)3-2-4-10/h2-3,5-6H,4,10H2,1H3/b3-2+. The third-order valence-electron chi connectivity index (χ3n) is 1.46. The van der Waals surface area contributed by atoms with E-state index in [4.69, 9.17) is 5.73 Å². The SMILES string of the molecule is COC(=O)c1csc(/C=C/CN)c1. The van der Waals surface area contributed by atoms with Gasteiger partial charge in [0.1, 0.15) is 0 Å². The first-order valence-electron chi connectivity index (χ1n) is 3.81. The summed E-state index contributed by atoms with van der Waals surface area (Å²) in [6, 6.07) is 1.78. The highest BCUT2D eigenvalue weighted by Crippen LogP contribution is 2.16. The van der Waals surface area contributed by atoms with E-state index < -0.39 is 0 Å². The highest BCUT2D eigenvalue weighted by atomic mass is 32.1. The number of esters is 1. The number of thiophene rings is 1. The van der Waals surface area contributed by atoms with Crippen LogP contribution in [0.15, 0.2) is 17.5 Å². The minimum Gasteiger partial charge on any atom is -0.465 e. The van der Waals surface area contributed by atoms with E-state index in [9.17, 15) is 4.79 Å². The number of hydrogen-bond acceptors (Lipinski definition) is 4. The van der Waals surface area contributed by atoms with Crippen LogP contribution in [0.1, 0.15) is 15.2 Å². The van der Waals surface area contributed by atoms with Crippen LogP contribution in [0, 0.1) is 0 Å². The third kappa shape index (κ3) is 2.68. The molecule has 0 aliphatic rings. The predicted molar refractivity (Wildman–Crippen MR) is 53.7 cm³/mol. The van der Waals surface area contributed by atoms with Gasteiger partial charge >= 0.3 is 5.97 Å². The Labute approximate surface area is 80.8 Å². The second-order valence-electron chi connectivity index (χ2n) is 2.37. The number of methoxy groups -OCH3 is 1. The van der Waals surface area contributed by atoms with Gasteiger partial charge in [-0.25, -0.2) is 4.79 Å². The Morgan fingerprint density at radius 1 is 1.77 bits per heavy atom. The molecule has 1 aromatic rings. The average molecular weight is 197 g/mol. The van der Waals surface area contributed by atoms with Crippen molar-refractivity contribution in [2.75, 3.05) is 13.7 Å². The Morgan fingerprint density at radius 2 is 2.54 bits per heavy atom. The fraction of sp³-hybridized carbons (Fsp3) is 0.222. The lowest BCUT2D eigenvalue weighted by Gasteiger charge is -1.91. The molecule has 1 aromatic heterocycles. The number of rotatable bonds is 3. The first-order valence-corrected chi connectivity index (χ1v) is 4.69. The lowest BCUT2D eigenvalue weighted by molar-refractivity contribution is 0.0601. The van der Waals surface area contributed by atoms with Crippen molar-refractivity contribution in [2.45, 2.75) is 0 Å². The second kappa shape index (κ2) is 4.79. The van der Waals surface area contributed by atoms with E-state index in [1.807, 2.05) is 12.2 Å². The molecule has 0 radical (unpaired) electrons. The molecular formula is C9H11NO2S. The van der Waals surface area contributed by atoms with Crippen LogP contribution in [0.3, 0.4) is 0 Å². The van der Waals surface area contributed by atoms with Gasteiger partial charge < -0.3 is 10.5 Å². The van der Waals surface area contributed by atoms with Gasteiger partial charge in [-0.1, -0.05) is 6.08 Å². The average Bonchev–Trinajstić information content (AvgIpc) is 2.62. The normalized spacial score (nSPS) is 10.6. The molecule has 0 atom stereocenters. The second-order valence-corrected chi connectivity index (χ2v) is 3.31. The van der Waals surface area contributed by atoms with Crippen LogP contribution in [-0.2, 0) is 4.74 Å². The molecule has 0 aliphatic carbocycles. The van der Waals surface area contributed by atoms with Gasteiger partial charge in [0.2, 0.25) is 0 Å². The zero-order valence-electron chi connectivity index (χ0n) is 7.32. The van der Waals surface area contributed by atoms with Crippen LogP contribution in [0.2, 0.25) is 0 Å². The summed E-state index contributed by atoms with van der Waals surface area (Å²) in [6.45, 7) is 0.505. The Kier molecular flexibility index (Phi) is 3.67. The molecular weight excluding hydrogens is 186 g/mol. The molecule has 0 aliphatic heterocycles. The van der Waals surface area contributed by atoms with Gasteiger partial charge in [0.25, 0.3) is 0 Å². The maximum absolute atomic E-state index is 11.0. The van der Waals surface area contributed by atoms with E-state index in [1.165, 1.54) is 18.4 Å². The van der Waals surface area contributed by atoms with E-state index in [1.54, 1.807) is 11.4 Å². The van der Waals surface area contributed by atoms with Crippen molar-refractivity contribution in [3.63, 3.8) is 0 Å². The van der Waals surface area contributed by atoms with Crippen molar-refractivity contribution in [2.24, 2.45) is 5.73 Å². The summed E-state index contributed by atoms with van der Waals surface area (Å²) >= 11 is 1.49. The highest BCUT2D eigenvalue weighted by Gasteiger charge is 2.06. The quantitative estimate of drug-likeness (QED) is 0.747. The Balaban J connectivity index is 2.74. The van der Waals surface area contributed by atoms with Gasteiger partial charge in [0.15, 0.2) is 0 Å². The number of hydrogen-bond donors (Lipinski definition) is 1. The zero-order chi connectivity index (χ0) is 9.68. The summed E-state index contributed by atoms with van der Waals surface area (Å²) < 4.78 is 4.57. The molecule has 4 heteroatoms. The molecule has 1 heterocycles. The monoisotopic (exact) mass is 197 g/mol. The summed E-state index contributed by atoms with van der Waals surface area (Å²) in [7, 11) is 1.37. The minimum atomic E-state index is -0.302. The fourth-order valence-corrected chi connectivity index (χ4v) is 1.65. The summed E-state index contributed by atoms with van der Waals surface area (Å²) in [5.41, 5.74) is 5.88. The van der Waals surface area contributed by atoms with Gasteiger partial charge in [0, 0.05) is 16.8 Å². The van der Waals surface area contributed by atoms with Gasteiger partial charge in [-0.15, -0.1) is 11.3 Å². The van der Waals surface area contributed by atoms with Crippen LogP contribution in [0.25, 0.3) is 6.08 Å². The molecule has 13 heavy (non-hydrogen) atoms.